The second kappa shape index (κ2) is 4.06. The average molecular weight is 222 g/mol. The first-order chi connectivity index (χ1) is 8.34. The molecule has 84 valence electrons. The van der Waals surface area contributed by atoms with E-state index in [0.717, 1.165) is 5.65 Å². The first-order valence-electron chi connectivity index (χ1n) is 5.83. The molecule has 0 radical (unpaired) electrons. The van der Waals surface area contributed by atoms with Gasteiger partial charge in [-0.1, -0.05) is 37.3 Å². The van der Waals surface area contributed by atoms with Crippen molar-refractivity contribution in [2.24, 2.45) is 0 Å². The Morgan fingerprint density at radius 2 is 1.88 bits per heavy atom. The molecule has 0 amide bonds. The maximum absolute atomic E-state index is 4.32. The van der Waals surface area contributed by atoms with Crippen LogP contribution in [0.25, 0.3) is 11.0 Å². The van der Waals surface area contributed by atoms with Crippen molar-refractivity contribution in [3.8, 4) is 0 Å². The molecule has 2 aromatic heterocycles. The molecular weight excluding hydrogens is 208 g/mol. The summed E-state index contributed by atoms with van der Waals surface area (Å²) < 4.78 is 0. The molecule has 0 aliphatic carbocycles. The van der Waals surface area contributed by atoms with Crippen molar-refractivity contribution in [1.82, 2.24) is 9.97 Å². The molecule has 0 bridgehead atoms. The highest BCUT2D eigenvalue weighted by Gasteiger charge is 2.10. The van der Waals surface area contributed by atoms with Crippen LogP contribution in [0.5, 0.6) is 0 Å². The SMILES string of the molecule is CC(c1ccccc1)c1cc2cccnc2[nH]1. The Kier molecular flexibility index (Phi) is 2.41. The number of benzene rings is 1. The van der Waals surface area contributed by atoms with Gasteiger partial charge in [0.15, 0.2) is 0 Å². The molecule has 2 heteroatoms. The van der Waals surface area contributed by atoms with Gasteiger partial charge < -0.3 is 4.98 Å². The van der Waals surface area contributed by atoms with Gasteiger partial charge in [-0.15, -0.1) is 0 Å². The number of hydrogen-bond acceptors (Lipinski definition) is 1. The van der Waals surface area contributed by atoms with E-state index in [9.17, 15) is 0 Å². The van der Waals surface area contributed by atoms with Gasteiger partial charge in [0.05, 0.1) is 0 Å². The van der Waals surface area contributed by atoms with Gasteiger partial charge in [-0.25, -0.2) is 4.98 Å². The van der Waals surface area contributed by atoms with Crippen molar-refractivity contribution in [3.63, 3.8) is 0 Å². The van der Waals surface area contributed by atoms with Crippen LogP contribution < -0.4 is 0 Å². The quantitative estimate of drug-likeness (QED) is 0.703. The zero-order chi connectivity index (χ0) is 11.7. The Labute approximate surface area is 100 Å². The third-order valence-electron chi connectivity index (χ3n) is 3.18. The van der Waals surface area contributed by atoms with E-state index in [4.69, 9.17) is 0 Å². The van der Waals surface area contributed by atoms with Gasteiger partial charge in [-0.05, 0) is 23.8 Å². The second-order valence-electron chi connectivity index (χ2n) is 4.30. The normalized spacial score (nSPS) is 12.8. The lowest BCUT2D eigenvalue weighted by Gasteiger charge is -2.09. The van der Waals surface area contributed by atoms with Crippen LogP contribution in [-0.4, -0.2) is 9.97 Å². The molecule has 0 fully saturated rings. The van der Waals surface area contributed by atoms with E-state index >= 15 is 0 Å². The molecule has 2 heterocycles. The molecule has 3 aromatic rings. The van der Waals surface area contributed by atoms with Crippen LogP contribution >= 0.6 is 0 Å². The molecule has 1 atom stereocenters. The van der Waals surface area contributed by atoms with Gasteiger partial charge in [0.1, 0.15) is 5.65 Å². The van der Waals surface area contributed by atoms with Crippen molar-refractivity contribution in [2.75, 3.05) is 0 Å². The van der Waals surface area contributed by atoms with Crippen molar-refractivity contribution < 1.29 is 0 Å². The van der Waals surface area contributed by atoms with E-state index in [1.807, 2.05) is 18.3 Å². The summed E-state index contributed by atoms with van der Waals surface area (Å²) >= 11 is 0. The zero-order valence-corrected chi connectivity index (χ0v) is 9.72. The number of aromatic nitrogens is 2. The van der Waals surface area contributed by atoms with Crippen molar-refractivity contribution in [1.29, 1.82) is 0 Å². The number of fused-ring (bicyclic) bond motifs is 1. The largest absolute Gasteiger partial charge is 0.343 e. The lowest BCUT2D eigenvalue weighted by molar-refractivity contribution is 0.886. The molecule has 0 saturated heterocycles. The summed E-state index contributed by atoms with van der Waals surface area (Å²) in [4.78, 5) is 7.71. The molecule has 17 heavy (non-hydrogen) atoms. The molecule has 2 nitrogen and oxygen atoms in total. The summed E-state index contributed by atoms with van der Waals surface area (Å²) in [5, 5.41) is 1.17. The van der Waals surface area contributed by atoms with E-state index in [-0.39, 0.29) is 0 Å². The minimum atomic E-state index is 0.366. The van der Waals surface area contributed by atoms with Gasteiger partial charge >= 0.3 is 0 Å². The first-order valence-corrected chi connectivity index (χ1v) is 5.83. The number of nitrogens with one attached hydrogen (secondary N) is 1. The average Bonchev–Trinajstić information content (AvgIpc) is 2.82. The fourth-order valence-corrected chi connectivity index (χ4v) is 2.13. The highest BCUT2D eigenvalue weighted by atomic mass is 14.9. The number of H-pyrrole nitrogens is 1. The third kappa shape index (κ3) is 1.82. The van der Waals surface area contributed by atoms with E-state index in [1.54, 1.807) is 0 Å². The van der Waals surface area contributed by atoms with Gasteiger partial charge in [0.25, 0.3) is 0 Å². The van der Waals surface area contributed by atoms with Gasteiger partial charge in [-0.3, -0.25) is 0 Å². The van der Waals surface area contributed by atoms with Crippen LogP contribution in [-0.2, 0) is 0 Å². The summed E-state index contributed by atoms with van der Waals surface area (Å²) in [6.07, 6.45) is 1.82. The number of rotatable bonds is 2. The Hall–Kier alpha value is -2.09. The molecule has 0 saturated carbocycles. The summed E-state index contributed by atoms with van der Waals surface area (Å²) in [6.45, 7) is 2.21. The van der Waals surface area contributed by atoms with Crippen molar-refractivity contribution in [3.05, 3.63) is 66.0 Å². The van der Waals surface area contributed by atoms with E-state index in [0.29, 0.717) is 5.92 Å². The standard InChI is InChI=1S/C15H14N2/c1-11(12-6-3-2-4-7-12)14-10-13-8-5-9-16-15(13)17-14/h2-11H,1H3,(H,16,17). The smallest absolute Gasteiger partial charge is 0.137 e. The minimum Gasteiger partial charge on any atom is -0.343 e. The lowest BCUT2D eigenvalue weighted by Crippen LogP contribution is -1.95. The summed E-state index contributed by atoms with van der Waals surface area (Å²) in [5.41, 5.74) is 3.49. The highest BCUT2D eigenvalue weighted by Crippen LogP contribution is 2.25. The van der Waals surface area contributed by atoms with Gasteiger partial charge in [0.2, 0.25) is 0 Å². The Morgan fingerprint density at radius 3 is 2.65 bits per heavy atom. The Balaban J connectivity index is 2.04. The zero-order valence-electron chi connectivity index (χ0n) is 9.72. The summed E-state index contributed by atoms with van der Waals surface area (Å²) in [6, 6.07) is 16.7. The fraction of sp³-hybridized carbons (Fsp3) is 0.133. The molecule has 0 spiro atoms. The van der Waals surface area contributed by atoms with Crippen LogP contribution in [0.4, 0.5) is 0 Å². The third-order valence-corrected chi connectivity index (χ3v) is 3.18. The number of hydrogen-bond donors (Lipinski definition) is 1. The predicted octanol–water partition coefficient (Wildman–Crippen LogP) is 3.71. The molecule has 1 aromatic carbocycles. The molecule has 1 N–H and O–H groups in total. The first kappa shape index (κ1) is 10.1. The second-order valence-corrected chi connectivity index (χ2v) is 4.30. The van der Waals surface area contributed by atoms with Crippen LogP contribution in [0.15, 0.2) is 54.7 Å². The highest BCUT2D eigenvalue weighted by molar-refractivity contribution is 5.76. The minimum absolute atomic E-state index is 0.366. The predicted molar refractivity (Wildman–Crippen MR) is 70.1 cm³/mol. The van der Waals surface area contributed by atoms with Crippen LogP contribution in [0.3, 0.4) is 0 Å². The molecule has 3 rings (SSSR count). The van der Waals surface area contributed by atoms with Gasteiger partial charge in [0, 0.05) is 23.2 Å². The maximum atomic E-state index is 4.32. The van der Waals surface area contributed by atoms with Crippen LogP contribution in [0, 0.1) is 0 Å². The Morgan fingerprint density at radius 1 is 1.06 bits per heavy atom. The van der Waals surface area contributed by atoms with Crippen molar-refractivity contribution in [2.45, 2.75) is 12.8 Å². The summed E-state index contributed by atoms with van der Waals surface area (Å²) in [7, 11) is 0. The van der Waals surface area contributed by atoms with Crippen LogP contribution in [0.1, 0.15) is 24.1 Å². The number of nitrogens with zero attached hydrogens (tertiary/aromatic N) is 1. The number of pyridine rings is 1. The Bertz CT molecular complexity index is 592. The van der Waals surface area contributed by atoms with Gasteiger partial charge in [-0.2, -0.15) is 0 Å². The maximum Gasteiger partial charge on any atom is 0.137 e. The van der Waals surface area contributed by atoms with E-state index in [2.05, 4.69) is 53.3 Å². The fourth-order valence-electron chi connectivity index (χ4n) is 2.13. The van der Waals surface area contributed by atoms with Crippen molar-refractivity contribution >= 4 is 11.0 Å². The van der Waals surface area contributed by atoms with E-state index < -0.39 is 0 Å². The molecule has 1 unspecified atom stereocenters. The van der Waals surface area contributed by atoms with Crippen LogP contribution in [0.2, 0.25) is 0 Å². The van der Waals surface area contributed by atoms with E-state index in [1.165, 1.54) is 16.6 Å². The molecular formula is C15H14N2. The number of aromatic amines is 1. The summed E-state index contributed by atoms with van der Waals surface area (Å²) in [5.74, 6) is 0.366. The monoisotopic (exact) mass is 222 g/mol. The molecule has 0 aliphatic heterocycles. The molecule has 0 aliphatic rings. The topological polar surface area (TPSA) is 28.7 Å². The lowest BCUT2D eigenvalue weighted by atomic mass is 9.98.